The summed E-state index contributed by atoms with van der Waals surface area (Å²) >= 11 is 6.65. The van der Waals surface area contributed by atoms with Gasteiger partial charge in [0.2, 0.25) is 6.04 Å². The number of hydroxylamine groups is 2. The van der Waals surface area contributed by atoms with Gasteiger partial charge in [-0.25, -0.2) is 5.06 Å². The summed E-state index contributed by atoms with van der Waals surface area (Å²) in [6, 6.07) is -0.129. The molecule has 0 unspecified atom stereocenters. The fourth-order valence-electron chi connectivity index (χ4n) is 2.58. The zero-order valence-corrected chi connectivity index (χ0v) is 12.1. The second-order valence-electron chi connectivity index (χ2n) is 4.25. The average Bonchev–Trinajstić information content (AvgIpc) is 2.33. The smallest absolute Gasteiger partial charge is 0.265 e. The van der Waals surface area contributed by atoms with Gasteiger partial charge in [0.1, 0.15) is 11.7 Å². The zero-order valence-electron chi connectivity index (χ0n) is 8.90. The second kappa shape index (κ2) is 5.14. The van der Waals surface area contributed by atoms with Crippen LogP contribution < -0.4 is 0 Å². The Bertz CT molecular complexity index is 333. The van der Waals surface area contributed by atoms with Gasteiger partial charge in [0.05, 0.1) is 10.7 Å². The number of nitroso groups, excluding NO2 is 1. The Kier molecular flexibility index (Phi) is 4.02. The molecule has 16 heavy (non-hydrogen) atoms. The van der Waals surface area contributed by atoms with E-state index in [2.05, 4.69) is 31.9 Å². The van der Waals surface area contributed by atoms with Gasteiger partial charge >= 0.3 is 0 Å². The van der Waals surface area contributed by atoms with Crippen molar-refractivity contribution in [3.63, 3.8) is 0 Å². The lowest BCUT2D eigenvalue weighted by Crippen LogP contribution is -2.53. The van der Waals surface area contributed by atoms with E-state index in [1.165, 1.54) is 5.06 Å². The van der Waals surface area contributed by atoms with Crippen LogP contribution in [0.15, 0.2) is 11.4 Å². The van der Waals surface area contributed by atoms with E-state index in [1.807, 2.05) is 0 Å². The molecule has 2 aliphatic rings. The van der Waals surface area contributed by atoms with Crippen molar-refractivity contribution in [2.75, 3.05) is 10.7 Å². The maximum Gasteiger partial charge on any atom is 0.265 e. The minimum Gasteiger partial charge on any atom is -0.288 e. The normalized spacial score (nSPS) is 30.7. The topological polar surface area (TPSA) is 43.5 Å². The summed E-state index contributed by atoms with van der Waals surface area (Å²) < 4.78 is 1.10. The van der Waals surface area contributed by atoms with E-state index >= 15 is 0 Å². The molecule has 1 saturated carbocycles. The van der Waals surface area contributed by atoms with Crippen molar-refractivity contribution in [3.05, 3.63) is 16.3 Å². The molecule has 4 nitrogen and oxygen atoms in total. The van der Waals surface area contributed by atoms with Crippen LogP contribution in [0.2, 0.25) is 0 Å². The molecule has 1 heterocycles. The number of hydrogen-bond acceptors (Lipinski definition) is 3. The van der Waals surface area contributed by atoms with Crippen LogP contribution in [-0.2, 0) is 0 Å². The summed E-state index contributed by atoms with van der Waals surface area (Å²) in [6.45, 7) is 0. The SMILES string of the molecule is O=[N+]1C(CBr)=C(CBr)N(O)[C@@H]2CCCC[C@@H]21. The molecule has 90 valence electrons. The number of fused-ring (bicyclic) bond motifs is 1. The summed E-state index contributed by atoms with van der Waals surface area (Å²) in [7, 11) is 0. The standard InChI is InChI=1S/C10H15Br2N2O2/c11-5-9-10(6-12)14(16)8-4-2-1-3-7(8)13(9)15/h7-8,15H,1-6H2/q+1/t7-,8+/m1/s1. The summed E-state index contributed by atoms with van der Waals surface area (Å²) in [5.74, 6) is 0. The Morgan fingerprint density at radius 2 is 2.00 bits per heavy atom. The van der Waals surface area contributed by atoms with Crippen LogP contribution in [0.25, 0.3) is 0 Å². The van der Waals surface area contributed by atoms with E-state index < -0.39 is 0 Å². The van der Waals surface area contributed by atoms with Gasteiger partial charge in [0, 0.05) is 16.1 Å². The van der Waals surface area contributed by atoms with Crippen molar-refractivity contribution in [1.82, 2.24) is 5.06 Å². The van der Waals surface area contributed by atoms with Gasteiger partial charge in [0.25, 0.3) is 5.70 Å². The van der Waals surface area contributed by atoms with Crippen molar-refractivity contribution in [2.45, 2.75) is 37.8 Å². The molecule has 6 heteroatoms. The first kappa shape index (κ1) is 12.5. The lowest BCUT2D eigenvalue weighted by Gasteiger charge is -2.36. The van der Waals surface area contributed by atoms with E-state index in [4.69, 9.17) is 0 Å². The number of hydrogen-bond donors (Lipinski definition) is 1. The highest BCUT2D eigenvalue weighted by Gasteiger charge is 2.48. The monoisotopic (exact) mass is 353 g/mol. The molecule has 0 aromatic carbocycles. The third-order valence-corrected chi connectivity index (χ3v) is 4.50. The van der Waals surface area contributed by atoms with E-state index in [-0.39, 0.29) is 12.1 Å². The molecule has 1 N–H and O–H groups in total. The highest BCUT2D eigenvalue weighted by Crippen LogP contribution is 2.34. The van der Waals surface area contributed by atoms with Gasteiger partial charge in [0.15, 0.2) is 0 Å². The largest absolute Gasteiger partial charge is 0.288 e. The molecule has 0 amide bonds. The first-order valence-corrected chi connectivity index (χ1v) is 7.73. The van der Waals surface area contributed by atoms with Crippen LogP contribution in [0.5, 0.6) is 0 Å². The van der Waals surface area contributed by atoms with Crippen molar-refractivity contribution >= 4 is 31.9 Å². The maximum atomic E-state index is 12.2. The minimum absolute atomic E-state index is 0.0402. The zero-order chi connectivity index (χ0) is 11.7. The Morgan fingerprint density at radius 1 is 1.31 bits per heavy atom. The molecule has 1 aliphatic heterocycles. The maximum absolute atomic E-state index is 12.2. The first-order valence-electron chi connectivity index (χ1n) is 5.49. The highest BCUT2D eigenvalue weighted by molar-refractivity contribution is 9.09. The third kappa shape index (κ3) is 1.95. The first-order chi connectivity index (χ1) is 7.70. The molecule has 1 fully saturated rings. The quantitative estimate of drug-likeness (QED) is 0.612. The molecule has 0 spiro atoms. The number of rotatable bonds is 2. The summed E-state index contributed by atoms with van der Waals surface area (Å²) in [6.07, 6.45) is 3.93. The molecule has 0 aromatic heterocycles. The van der Waals surface area contributed by atoms with Crippen LogP contribution in [0.3, 0.4) is 0 Å². The van der Waals surface area contributed by atoms with Crippen molar-refractivity contribution in [2.24, 2.45) is 0 Å². The Hall–Kier alpha value is 0.0600. The lowest BCUT2D eigenvalue weighted by atomic mass is 9.88. The van der Waals surface area contributed by atoms with E-state index in [0.29, 0.717) is 22.1 Å². The fourth-order valence-corrected chi connectivity index (χ4v) is 3.74. The molecule has 2 atom stereocenters. The van der Waals surface area contributed by atoms with Crippen LogP contribution >= 0.6 is 31.9 Å². The Labute approximate surface area is 111 Å². The summed E-state index contributed by atoms with van der Waals surface area (Å²) in [5, 5.41) is 12.4. The fraction of sp³-hybridized carbons (Fsp3) is 0.800. The lowest BCUT2D eigenvalue weighted by molar-refractivity contribution is -0.564. The summed E-state index contributed by atoms with van der Waals surface area (Å²) in [4.78, 5) is 12.2. The second-order valence-corrected chi connectivity index (χ2v) is 5.37. The number of alkyl halides is 2. The predicted molar refractivity (Wildman–Crippen MR) is 67.9 cm³/mol. The van der Waals surface area contributed by atoms with Crippen molar-refractivity contribution in [1.29, 1.82) is 0 Å². The minimum atomic E-state index is -0.0888. The molecule has 0 bridgehead atoms. The molecular weight excluding hydrogens is 340 g/mol. The number of nitrogens with zero attached hydrogens (tertiary/aromatic N) is 2. The molecule has 0 radical (unpaired) electrons. The van der Waals surface area contributed by atoms with Gasteiger partial charge < -0.3 is 0 Å². The van der Waals surface area contributed by atoms with Gasteiger partial charge in [-0.1, -0.05) is 38.3 Å². The van der Waals surface area contributed by atoms with Crippen LogP contribution in [0.4, 0.5) is 0 Å². The van der Waals surface area contributed by atoms with Crippen molar-refractivity contribution < 1.29 is 9.97 Å². The van der Waals surface area contributed by atoms with E-state index in [0.717, 1.165) is 30.4 Å². The van der Waals surface area contributed by atoms with Crippen LogP contribution in [0, 0.1) is 4.91 Å². The molecule has 0 saturated heterocycles. The van der Waals surface area contributed by atoms with Gasteiger partial charge in [-0.3, -0.25) is 5.21 Å². The van der Waals surface area contributed by atoms with Gasteiger partial charge in [-0.2, -0.15) is 0 Å². The number of allylic oxidation sites excluding steroid dienone is 2. The Morgan fingerprint density at radius 3 is 2.62 bits per heavy atom. The van der Waals surface area contributed by atoms with Gasteiger partial charge in [-0.05, 0) is 12.8 Å². The van der Waals surface area contributed by atoms with E-state index in [9.17, 15) is 10.1 Å². The highest BCUT2D eigenvalue weighted by atomic mass is 79.9. The van der Waals surface area contributed by atoms with E-state index in [1.54, 1.807) is 0 Å². The number of halogens is 2. The molecule has 1 aliphatic carbocycles. The van der Waals surface area contributed by atoms with Crippen molar-refractivity contribution in [3.8, 4) is 0 Å². The Balaban J connectivity index is 2.37. The molecule has 0 aromatic rings. The van der Waals surface area contributed by atoms with Crippen LogP contribution in [-0.4, -0.2) is 37.8 Å². The average molecular weight is 355 g/mol. The summed E-state index contributed by atoms with van der Waals surface area (Å²) in [5.41, 5.74) is 1.33. The van der Waals surface area contributed by atoms with Gasteiger partial charge in [-0.15, -0.1) is 0 Å². The third-order valence-electron chi connectivity index (χ3n) is 3.44. The molecule has 2 rings (SSSR count). The molecular formula is C10H15Br2N2O2+. The van der Waals surface area contributed by atoms with Crippen LogP contribution in [0.1, 0.15) is 25.7 Å². The predicted octanol–water partition coefficient (Wildman–Crippen LogP) is 2.78.